The second-order valence-corrected chi connectivity index (χ2v) is 12.1. The van der Waals surface area contributed by atoms with Gasteiger partial charge in [-0.1, -0.05) is 127 Å². The number of rotatable bonds is 10. The molecule has 0 aliphatic heterocycles. The lowest BCUT2D eigenvalue weighted by Gasteiger charge is -2.11. The van der Waals surface area contributed by atoms with Gasteiger partial charge >= 0.3 is 0 Å². The molecule has 0 N–H and O–H groups in total. The lowest BCUT2D eigenvalue weighted by Crippen LogP contribution is -2.01. The molecule has 0 radical (unpaired) electrons. The summed E-state index contributed by atoms with van der Waals surface area (Å²) in [6.45, 7) is 4.88. The maximum Gasteiger partial charge on any atom is 0.146 e. The van der Waals surface area contributed by atoms with E-state index in [0.717, 1.165) is 39.5 Å². The fourth-order valence-corrected chi connectivity index (χ4v) is 5.76. The zero-order valence-corrected chi connectivity index (χ0v) is 26.9. The minimum atomic E-state index is 0.117. The summed E-state index contributed by atoms with van der Waals surface area (Å²) in [7, 11) is 2.10. The van der Waals surface area contributed by atoms with Gasteiger partial charge in [0.15, 0.2) is 0 Å². The minimum Gasteiger partial charge on any atom is -0.489 e. The fraction of sp³-hybridized carbons (Fsp3) is 0.132. The molecule has 1 heterocycles. The van der Waals surface area contributed by atoms with Crippen LogP contribution in [0.3, 0.4) is 0 Å². The van der Waals surface area contributed by atoms with Gasteiger partial charge < -0.3 is 14.0 Å². The van der Waals surface area contributed by atoms with Crippen LogP contribution in [-0.4, -0.2) is 13.0 Å². The highest BCUT2D eigenvalue weighted by Gasteiger charge is 2.23. The first-order valence-corrected chi connectivity index (χ1v) is 15.7. The van der Waals surface area contributed by atoms with Gasteiger partial charge in [0.2, 0.25) is 0 Å². The predicted octanol–water partition coefficient (Wildman–Crippen LogP) is 9.52. The number of nitrogens with zero attached hydrogens (tertiary/aromatic N) is 1. The highest BCUT2D eigenvalue weighted by atomic mass is 35.5. The van der Waals surface area contributed by atoms with E-state index in [1.54, 1.807) is 12.1 Å². The molecule has 0 aliphatic carbocycles. The molecule has 6 rings (SSSR count). The molecule has 0 unspecified atom stereocenters. The Bertz CT molecular complexity index is 1860. The molecule has 0 spiro atoms. The summed E-state index contributed by atoms with van der Waals surface area (Å²) in [6.07, 6.45) is 0. The van der Waals surface area contributed by atoms with Crippen LogP contribution in [0.1, 0.15) is 36.7 Å². The van der Waals surface area contributed by atoms with Crippen LogP contribution in [0.4, 0.5) is 0 Å². The van der Waals surface area contributed by atoms with Gasteiger partial charge in [0, 0.05) is 11.5 Å². The Morgan fingerprint density at radius 1 is 0.644 bits per heavy atom. The van der Waals surface area contributed by atoms with E-state index >= 15 is 0 Å². The molecule has 0 saturated heterocycles. The Morgan fingerprint density at radius 2 is 1.11 bits per heavy atom. The van der Waals surface area contributed by atoms with E-state index in [4.69, 9.17) is 37.2 Å². The first-order chi connectivity index (χ1) is 21.9. The van der Waals surface area contributed by atoms with Crippen LogP contribution in [0.5, 0.6) is 11.5 Å². The van der Waals surface area contributed by atoms with Crippen LogP contribution >= 0.6 is 23.2 Å². The topological polar surface area (TPSA) is 44.5 Å². The molecule has 5 aromatic carbocycles. The van der Waals surface area contributed by atoms with E-state index < -0.39 is 0 Å². The summed E-state index contributed by atoms with van der Waals surface area (Å²) >= 11 is 13.0. The normalized spacial score (nSPS) is 11.1. The van der Waals surface area contributed by atoms with Crippen molar-refractivity contribution in [2.45, 2.75) is 33.0 Å². The van der Waals surface area contributed by atoms with E-state index in [0.29, 0.717) is 27.9 Å². The van der Waals surface area contributed by atoms with Crippen molar-refractivity contribution in [1.29, 1.82) is 0 Å². The van der Waals surface area contributed by atoms with Gasteiger partial charge in [-0.15, -0.1) is 0 Å². The Labute approximate surface area is 274 Å². The summed E-state index contributed by atoms with van der Waals surface area (Å²) in [4.78, 5) is 0. The SMILES string of the molecule is Bc1ccc(-c2ccc(OCc3ccc(-c4ccc(OCc5c(-c6c(Cl)cccc6Cl)noc5C(C)C)cc4)cc3)cc2)cc1. The average Bonchev–Trinajstić information content (AvgIpc) is 3.48. The molecular weight excluding hydrogens is 600 g/mol. The van der Waals surface area contributed by atoms with Gasteiger partial charge in [-0.3, -0.25) is 0 Å². The number of ether oxygens (including phenoxy) is 2. The first kappa shape index (κ1) is 30.6. The summed E-state index contributed by atoms with van der Waals surface area (Å²) in [5, 5.41) is 5.35. The molecular formula is C38H32BCl2NO3. The lowest BCUT2D eigenvalue weighted by molar-refractivity contribution is 0.298. The van der Waals surface area contributed by atoms with E-state index in [2.05, 4.69) is 99.6 Å². The zero-order valence-electron chi connectivity index (χ0n) is 25.4. The third kappa shape index (κ3) is 7.11. The Kier molecular flexibility index (Phi) is 9.30. The van der Waals surface area contributed by atoms with E-state index in [1.807, 2.05) is 30.3 Å². The van der Waals surface area contributed by atoms with Crippen LogP contribution in [0.2, 0.25) is 10.0 Å². The van der Waals surface area contributed by atoms with E-state index in [-0.39, 0.29) is 12.5 Å². The third-order valence-corrected chi connectivity index (χ3v) is 8.34. The van der Waals surface area contributed by atoms with Crippen molar-refractivity contribution in [2.75, 3.05) is 0 Å². The Morgan fingerprint density at radius 3 is 1.62 bits per heavy atom. The molecule has 224 valence electrons. The highest BCUT2D eigenvalue weighted by Crippen LogP contribution is 2.39. The van der Waals surface area contributed by atoms with Crippen molar-refractivity contribution in [2.24, 2.45) is 0 Å². The number of halogens is 2. The molecule has 7 heteroatoms. The summed E-state index contributed by atoms with van der Waals surface area (Å²) in [6, 6.07) is 38.6. The fourth-order valence-electron chi connectivity index (χ4n) is 5.18. The van der Waals surface area contributed by atoms with Crippen LogP contribution in [0, 0.1) is 0 Å². The minimum absolute atomic E-state index is 0.117. The van der Waals surface area contributed by atoms with Gasteiger partial charge in [-0.2, -0.15) is 0 Å². The van der Waals surface area contributed by atoms with Gasteiger partial charge in [0.1, 0.15) is 44.0 Å². The molecule has 4 nitrogen and oxygen atoms in total. The molecule has 1 aromatic heterocycles. The number of hydrogen-bond donors (Lipinski definition) is 0. The van der Waals surface area contributed by atoms with Crippen LogP contribution in [-0.2, 0) is 13.2 Å². The lowest BCUT2D eigenvalue weighted by atomic mass is 9.94. The van der Waals surface area contributed by atoms with Gasteiger partial charge in [-0.05, 0) is 64.2 Å². The maximum absolute atomic E-state index is 6.49. The molecule has 0 bridgehead atoms. The Hall–Kier alpha value is -4.45. The molecule has 0 fully saturated rings. The van der Waals surface area contributed by atoms with Gasteiger partial charge in [-0.25, -0.2) is 0 Å². The summed E-state index contributed by atoms with van der Waals surface area (Å²) in [5.41, 5.74) is 9.03. The second kappa shape index (κ2) is 13.7. The van der Waals surface area contributed by atoms with Crippen LogP contribution in [0.25, 0.3) is 33.5 Å². The highest BCUT2D eigenvalue weighted by molar-refractivity contribution is 6.39. The molecule has 45 heavy (non-hydrogen) atoms. The number of aromatic nitrogens is 1. The van der Waals surface area contributed by atoms with Crippen LogP contribution in [0.15, 0.2) is 120 Å². The smallest absolute Gasteiger partial charge is 0.146 e. The average molecular weight is 632 g/mol. The quantitative estimate of drug-likeness (QED) is 0.141. The monoisotopic (exact) mass is 631 g/mol. The molecule has 0 saturated carbocycles. The van der Waals surface area contributed by atoms with Crippen molar-refractivity contribution in [3.8, 4) is 45.0 Å². The molecule has 6 aromatic rings. The maximum atomic E-state index is 6.49. The summed E-state index contributed by atoms with van der Waals surface area (Å²) < 4.78 is 18.0. The number of benzene rings is 5. The number of hydrogen-bond acceptors (Lipinski definition) is 4. The van der Waals surface area contributed by atoms with Gasteiger partial charge in [0.05, 0.1) is 15.6 Å². The largest absolute Gasteiger partial charge is 0.489 e. The third-order valence-electron chi connectivity index (χ3n) is 7.71. The molecule has 0 amide bonds. The van der Waals surface area contributed by atoms with Crippen LogP contribution < -0.4 is 14.9 Å². The van der Waals surface area contributed by atoms with Gasteiger partial charge in [0.25, 0.3) is 0 Å². The van der Waals surface area contributed by atoms with E-state index in [9.17, 15) is 0 Å². The first-order valence-electron chi connectivity index (χ1n) is 14.9. The van der Waals surface area contributed by atoms with Crippen molar-refractivity contribution in [3.63, 3.8) is 0 Å². The Balaban J connectivity index is 1.08. The predicted molar refractivity (Wildman–Crippen MR) is 187 cm³/mol. The molecule has 0 atom stereocenters. The van der Waals surface area contributed by atoms with Crippen molar-refractivity contribution in [3.05, 3.63) is 142 Å². The van der Waals surface area contributed by atoms with Crippen molar-refractivity contribution in [1.82, 2.24) is 5.16 Å². The zero-order chi connectivity index (χ0) is 31.3. The second-order valence-electron chi connectivity index (χ2n) is 11.3. The van der Waals surface area contributed by atoms with E-state index in [1.165, 1.54) is 16.6 Å². The molecule has 0 aliphatic rings. The van der Waals surface area contributed by atoms with Crippen molar-refractivity contribution < 1.29 is 14.0 Å². The summed E-state index contributed by atoms with van der Waals surface area (Å²) in [5.74, 6) is 2.45. The van der Waals surface area contributed by atoms with Crippen molar-refractivity contribution >= 4 is 36.5 Å². The standard InChI is InChI=1S/C38H32BCl2NO3/c1-24(2)38-33(37(42-45-38)36-34(40)4-3-5-35(36)41)23-44-32-20-14-28(15-21-32)26-8-6-25(7-9-26)22-43-31-18-12-29(13-19-31)27-10-16-30(39)17-11-27/h3-21,24H,22-23,39H2,1-2H3.